The molecule has 2 fully saturated rings. The van der Waals surface area contributed by atoms with Crippen molar-refractivity contribution in [2.75, 3.05) is 7.05 Å². The molecule has 1 aromatic carbocycles. The number of nitrogens with zero attached hydrogens (tertiary/aromatic N) is 2. The van der Waals surface area contributed by atoms with Crippen LogP contribution in [0.5, 0.6) is 0 Å². The SMILES string of the molecule is CNC(=O)c1cc(C(=O)NC2C3CC(O)CC32)n(C(C)c2cccc(C)c2)n1. The fourth-order valence-electron chi connectivity index (χ4n) is 4.42. The number of carbonyl (C=O) groups excluding carboxylic acids is 2. The second kappa shape index (κ2) is 7.05. The van der Waals surface area contributed by atoms with Gasteiger partial charge in [0.2, 0.25) is 0 Å². The minimum Gasteiger partial charge on any atom is -0.393 e. The predicted molar refractivity (Wildman–Crippen MR) is 104 cm³/mol. The fraction of sp³-hybridized carbons (Fsp3) is 0.476. The summed E-state index contributed by atoms with van der Waals surface area (Å²) >= 11 is 0. The Morgan fingerprint density at radius 3 is 2.57 bits per heavy atom. The molecule has 0 aliphatic heterocycles. The largest absolute Gasteiger partial charge is 0.393 e. The minimum atomic E-state index is -0.323. The summed E-state index contributed by atoms with van der Waals surface area (Å²) in [5.41, 5.74) is 2.74. The maximum atomic E-state index is 13.0. The lowest BCUT2D eigenvalue weighted by Crippen LogP contribution is -2.32. The highest BCUT2D eigenvalue weighted by molar-refractivity contribution is 5.98. The number of hydrogen-bond donors (Lipinski definition) is 3. The van der Waals surface area contributed by atoms with Gasteiger partial charge in [0, 0.05) is 19.2 Å². The van der Waals surface area contributed by atoms with E-state index in [-0.39, 0.29) is 35.7 Å². The Kier molecular flexibility index (Phi) is 4.71. The smallest absolute Gasteiger partial charge is 0.271 e. The van der Waals surface area contributed by atoms with Crippen molar-refractivity contribution in [2.24, 2.45) is 11.8 Å². The number of amides is 2. The third-order valence-electron chi connectivity index (χ3n) is 6.04. The Labute approximate surface area is 164 Å². The first kappa shape index (κ1) is 18.7. The van der Waals surface area contributed by atoms with Gasteiger partial charge >= 0.3 is 0 Å². The number of aliphatic hydroxyl groups is 1. The van der Waals surface area contributed by atoms with Crippen molar-refractivity contribution in [3.05, 3.63) is 52.8 Å². The summed E-state index contributed by atoms with van der Waals surface area (Å²) in [4.78, 5) is 25.1. The van der Waals surface area contributed by atoms with E-state index in [1.165, 1.54) is 0 Å². The van der Waals surface area contributed by atoms with Gasteiger partial charge in [-0.25, -0.2) is 0 Å². The van der Waals surface area contributed by atoms with Crippen LogP contribution >= 0.6 is 0 Å². The molecule has 0 spiro atoms. The van der Waals surface area contributed by atoms with Gasteiger partial charge < -0.3 is 15.7 Å². The van der Waals surface area contributed by atoms with Gasteiger partial charge in [0.25, 0.3) is 11.8 Å². The summed E-state index contributed by atoms with van der Waals surface area (Å²) in [7, 11) is 1.54. The van der Waals surface area contributed by atoms with E-state index in [0.29, 0.717) is 17.5 Å². The Morgan fingerprint density at radius 1 is 1.21 bits per heavy atom. The monoisotopic (exact) mass is 382 g/mol. The van der Waals surface area contributed by atoms with Gasteiger partial charge in [0.1, 0.15) is 5.69 Å². The highest BCUT2D eigenvalue weighted by Gasteiger charge is 2.56. The van der Waals surface area contributed by atoms with Gasteiger partial charge in [0.15, 0.2) is 5.69 Å². The van der Waals surface area contributed by atoms with Crippen LogP contribution in [0, 0.1) is 18.8 Å². The van der Waals surface area contributed by atoms with E-state index in [1.54, 1.807) is 17.8 Å². The summed E-state index contributed by atoms with van der Waals surface area (Å²) in [6.07, 6.45) is 1.26. The van der Waals surface area contributed by atoms with Crippen molar-refractivity contribution in [2.45, 2.75) is 44.9 Å². The molecule has 4 rings (SSSR count). The molecule has 2 amide bonds. The van der Waals surface area contributed by atoms with E-state index < -0.39 is 0 Å². The number of nitrogens with one attached hydrogen (secondary N) is 2. The van der Waals surface area contributed by atoms with Gasteiger partial charge in [-0.2, -0.15) is 5.10 Å². The molecule has 0 bridgehead atoms. The van der Waals surface area contributed by atoms with Gasteiger partial charge in [-0.1, -0.05) is 29.8 Å². The zero-order chi connectivity index (χ0) is 20.0. The first-order chi connectivity index (χ1) is 13.4. The average Bonchev–Trinajstić information content (AvgIpc) is 3.06. The molecule has 28 heavy (non-hydrogen) atoms. The zero-order valence-electron chi connectivity index (χ0n) is 16.3. The molecule has 3 atom stereocenters. The van der Waals surface area contributed by atoms with Crippen LogP contribution in [0.25, 0.3) is 0 Å². The molecular weight excluding hydrogens is 356 g/mol. The number of aryl methyl sites for hydroxylation is 1. The summed E-state index contributed by atoms with van der Waals surface area (Å²) in [5.74, 6) is 0.178. The topological polar surface area (TPSA) is 96.3 Å². The Balaban J connectivity index is 1.61. The molecule has 1 heterocycles. The first-order valence-corrected chi connectivity index (χ1v) is 9.76. The van der Waals surface area contributed by atoms with Crippen molar-refractivity contribution < 1.29 is 14.7 Å². The van der Waals surface area contributed by atoms with E-state index in [0.717, 1.165) is 24.0 Å². The molecule has 0 saturated heterocycles. The predicted octanol–water partition coefficient (Wildman–Crippen LogP) is 1.66. The molecule has 2 aliphatic rings. The van der Waals surface area contributed by atoms with Crippen LogP contribution in [0.15, 0.2) is 30.3 Å². The molecule has 3 unspecified atom stereocenters. The van der Waals surface area contributed by atoms with Gasteiger partial charge in [-0.15, -0.1) is 0 Å². The third kappa shape index (κ3) is 3.30. The van der Waals surface area contributed by atoms with Gasteiger partial charge in [0.05, 0.1) is 12.1 Å². The summed E-state index contributed by atoms with van der Waals surface area (Å²) in [6.45, 7) is 3.98. The number of benzene rings is 1. The Hall–Kier alpha value is -2.67. The van der Waals surface area contributed by atoms with E-state index >= 15 is 0 Å². The van der Waals surface area contributed by atoms with Crippen molar-refractivity contribution in [1.82, 2.24) is 20.4 Å². The molecule has 7 heteroatoms. The van der Waals surface area contributed by atoms with Gasteiger partial charge in [-0.05, 0) is 44.1 Å². The summed E-state index contributed by atoms with van der Waals surface area (Å²) in [6, 6.07) is 9.50. The lowest BCUT2D eigenvalue weighted by atomic mass is 10.1. The van der Waals surface area contributed by atoms with Crippen LogP contribution in [0.2, 0.25) is 0 Å². The Morgan fingerprint density at radius 2 is 1.93 bits per heavy atom. The molecule has 1 aromatic heterocycles. The molecule has 2 aromatic rings. The maximum absolute atomic E-state index is 13.0. The number of aromatic nitrogens is 2. The molecule has 3 N–H and O–H groups in total. The average molecular weight is 382 g/mol. The number of fused-ring (bicyclic) bond motifs is 1. The zero-order valence-corrected chi connectivity index (χ0v) is 16.3. The maximum Gasteiger partial charge on any atom is 0.271 e. The van der Waals surface area contributed by atoms with Gasteiger partial charge in [-0.3, -0.25) is 14.3 Å². The summed E-state index contributed by atoms with van der Waals surface area (Å²) in [5, 5.41) is 19.8. The van der Waals surface area contributed by atoms with Crippen molar-refractivity contribution in [1.29, 1.82) is 0 Å². The van der Waals surface area contributed by atoms with Crippen LogP contribution in [-0.2, 0) is 0 Å². The molecule has 148 valence electrons. The second-order valence-corrected chi connectivity index (χ2v) is 7.98. The van der Waals surface area contributed by atoms with Crippen molar-refractivity contribution >= 4 is 11.8 Å². The lowest BCUT2D eigenvalue weighted by molar-refractivity contribution is 0.0923. The molecular formula is C21H26N4O3. The first-order valence-electron chi connectivity index (χ1n) is 9.76. The van der Waals surface area contributed by atoms with E-state index in [2.05, 4.69) is 21.8 Å². The van der Waals surface area contributed by atoms with Crippen LogP contribution in [-0.4, -0.2) is 45.9 Å². The highest BCUT2D eigenvalue weighted by atomic mass is 16.3. The van der Waals surface area contributed by atoms with Crippen molar-refractivity contribution in [3.63, 3.8) is 0 Å². The standard InChI is InChI=1S/C21H26N4O3/c1-11-5-4-6-13(7-11)12(2)25-18(10-17(24-25)20(27)22-3)21(28)23-19-15-8-14(26)9-16(15)19/h4-7,10,12,14-16,19,26H,8-9H2,1-3H3,(H,22,27)(H,23,28). The number of carbonyl (C=O) groups is 2. The fourth-order valence-corrected chi connectivity index (χ4v) is 4.42. The van der Waals surface area contributed by atoms with Crippen LogP contribution in [0.1, 0.15) is 57.9 Å². The normalized spacial score (nSPS) is 26.4. The minimum absolute atomic E-state index is 0.108. The van der Waals surface area contributed by atoms with Crippen LogP contribution < -0.4 is 10.6 Å². The van der Waals surface area contributed by atoms with E-state index in [1.807, 2.05) is 32.0 Å². The van der Waals surface area contributed by atoms with Crippen molar-refractivity contribution in [3.8, 4) is 0 Å². The highest BCUT2D eigenvalue weighted by Crippen LogP contribution is 2.52. The quantitative estimate of drug-likeness (QED) is 0.733. The Bertz CT molecular complexity index is 910. The second-order valence-electron chi connectivity index (χ2n) is 7.98. The third-order valence-corrected chi connectivity index (χ3v) is 6.04. The van der Waals surface area contributed by atoms with E-state index in [4.69, 9.17) is 0 Å². The molecule has 0 radical (unpaired) electrons. The molecule has 2 aliphatic carbocycles. The van der Waals surface area contributed by atoms with Crippen LogP contribution in [0.3, 0.4) is 0 Å². The number of hydrogen-bond acceptors (Lipinski definition) is 4. The number of rotatable bonds is 5. The lowest BCUT2D eigenvalue weighted by Gasteiger charge is -2.17. The summed E-state index contributed by atoms with van der Waals surface area (Å²) < 4.78 is 1.63. The van der Waals surface area contributed by atoms with Crippen LogP contribution in [0.4, 0.5) is 0 Å². The molecule has 7 nitrogen and oxygen atoms in total. The van der Waals surface area contributed by atoms with E-state index in [9.17, 15) is 14.7 Å². The number of aliphatic hydroxyl groups excluding tert-OH is 1. The molecule has 2 saturated carbocycles.